The van der Waals surface area contributed by atoms with Crippen molar-refractivity contribution >= 4 is 39.3 Å². The zero-order valence-corrected chi connectivity index (χ0v) is 18.0. The number of hydrogen-bond acceptors (Lipinski definition) is 5. The standard InChI is InChI=1S/C21H21BrN2O5/c1-4-28-17-8-12(16(22)11-18(17)29-5-2)9-19(25)23-13-6-7-14-15(10-13)21(27)24(3)20(14)26/h6-8,10-11H,4-5,9H2,1-3H3,(H,23,25). The van der Waals surface area contributed by atoms with E-state index < -0.39 is 0 Å². The zero-order chi connectivity index (χ0) is 21.1. The number of hydrogen-bond donors (Lipinski definition) is 1. The van der Waals surface area contributed by atoms with E-state index >= 15 is 0 Å². The van der Waals surface area contributed by atoms with Gasteiger partial charge < -0.3 is 14.8 Å². The number of fused-ring (bicyclic) bond motifs is 1. The third-order valence-corrected chi connectivity index (χ3v) is 5.18. The average molecular weight is 461 g/mol. The molecule has 0 atom stereocenters. The lowest BCUT2D eigenvalue weighted by Gasteiger charge is -2.14. The van der Waals surface area contributed by atoms with E-state index in [1.54, 1.807) is 24.3 Å². The smallest absolute Gasteiger partial charge is 0.261 e. The summed E-state index contributed by atoms with van der Waals surface area (Å²) >= 11 is 3.47. The lowest BCUT2D eigenvalue weighted by molar-refractivity contribution is -0.115. The van der Waals surface area contributed by atoms with Crippen LogP contribution >= 0.6 is 15.9 Å². The van der Waals surface area contributed by atoms with Crippen LogP contribution in [0.4, 0.5) is 5.69 Å². The molecule has 152 valence electrons. The molecule has 0 unspecified atom stereocenters. The molecule has 1 N–H and O–H groups in total. The molecule has 0 saturated carbocycles. The highest BCUT2D eigenvalue weighted by Gasteiger charge is 2.32. The topological polar surface area (TPSA) is 84.9 Å². The molecular weight excluding hydrogens is 440 g/mol. The van der Waals surface area contributed by atoms with E-state index in [1.165, 1.54) is 13.1 Å². The molecule has 0 bridgehead atoms. The fourth-order valence-electron chi connectivity index (χ4n) is 3.07. The number of halogens is 1. The summed E-state index contributed by atoms with van der Waals surface area (Å²) in [5.74, 6) is 0.199. The van der Waals surface area contributed by atoms with Crippen LogP contribution in [0.1, 0.15) is 40.1 Å². The first-order valence-electron chi connectivity index (χ1n) is 9.20. The molecule has 1 aliphatic heterocycles. The molecule has 0 aliphatic carbocycles. The first kappa shape index (κ1) is 20.9. The molecule has 8 heteroatoms. The average Bonchev–Trinajstić information content (AvgIpc) is 2.89. The van der Waals surface area contributed by atoms with E-state index in [4.69, 9.17) is 9.47 Å². The van der Waals surface area contributed by atoms with Crippen LogP contribution < -0.4 is 14.8 Å². The quantitative estimate of drug-likeness (QED) is 0.637. The molecular formula is C21H21BrN2O5. The zero-order valence-electron chi connectivity index (χ0n) is 16.4. The number of benzene rings is 2. The number of carbonyl (C=O) groups is 3. The number of rotatable bonds is 7. The highest BCUT2D eigenvalue weighted by atomic mass is 79.9. The minimum absolute atomic E-state index is 0.0942. The SMILES string of the molecule is CCOc1cc(Br)c(CC(=O)Nc2ccc3c(c2)C(=O)N(C)C3=O)cc1OCC. The summed E-state index contributed by atoms with van der Waals surface area (Å²) in [6, 6.07) is 8.25. The van der Waals surface area contributed by atoms with Crippen LogP contribution in [0.25, 0.3) is 0 Å². The van der Waals surface area contributed by atoms with Gasteiger partial charge in [0.05, 0.1) is 30.8 Å². The second kappa shape index (κ2) is 8.65. The molecule has 0 fully saturated rings. The Morgan fingerprint density at radius 2 is 1.62 bits per heavy atom. The van der Waals surface area contributed by atoms with E-state index in [0.29, 0.717) is 36.0 Å². The van der Waals surface area contributed by atoms with E-state index in [-0.39, 0.29) is 29.7 Å². The Morgan fingerprint density at radius 1 is 1.00 bits per heavy atom. The Labute approximate surface area is 177 Å². The van der Waals surface area contributed by atoms with Crippen LogP contribution in [-0.2, 0) is 11.2 Å². The maximum atomic E-state index is 12.6. The van der Waals surface area contributed by atoms with Crippen molar-refractivity contribution in [3.05, 3.63) is 51.5 Å². The molecule has 2 aromatic rings. The Morgan fingerprint density at radius 3 is 2.28 bits per heavy atom. The molecule has 1 heterocycles. The van der Waals surface area contributed by atoms with Gasteiger partial charge in [0.15, 0.2) is 11.5 Å². The fourth-order valence-corrected chi connectivity index (χ4v) is 3.53. The molecule has 0 radical (unpaired) electrons. The molecule has 7 nitrogen and oxygen atoms in total. The molecule has 2 aromatic carbocycles. The van der Waals surface area contributed by atoms with Crippen LogP contribution in [0.2, 0.25) is 0 Å². The normalized spacial score (nSPS) is 12.8. The van der Waals surface area contributed by atoms with Crippen molar-refractivity contribution in [1.29, 1.82) is 0 Å². The van der Waals surface area contributed by atoms with E-state index in [2.05, 4.69) is 21.2 Å². The van der Waals surface area contributed by atoms with Crippen molar-refractivity contribution in [2.45, 2.75) is 20.3 Å². The van der Waals surface area contributed by atoms with E-state index in [1.807, 2.05) is 13.8 Å². The monoisotopic (exact) mass is 460 g/mol. The minimum Gasteiger partial charge on any atom is -0.490 e. The first-order chi connectivity index (χ1) is 13.8. The first-order valence-corrected chi connectivity index (χ1v) is 9.99. The lowest BCUT2D eigenvalue weighted by atomic mass is 10.1. The van der Waals surface area contributed by atoms with Crippen molar-refractivity contribution in [3.8, 4) is 11.5 Å². The van der Waals surface area contributed by atoms with Gasteiger partial charge in [0.1, 0.15) is 0 Å². The molecule has 0 spiro atoms. The van der Waals surface area contributed by atoms with Gasteiger partial charge in [-0.1, -0.05) is 15.9 Å². The minimum atomic E-state index is -0.378. The van der Waals surface area contributed by atoms with Gasteiger partial charge >= 0.3 is 0 Å². The lowest BCUT2D eigenvalue weighted by Crippen LogP contribution is -2.24. The number of nitrogens with one attached hydrogen (secondary N) is 1. The van der Waals surface area contributed by atoms with Crippen molar-refractivity contribution in [1.82, 2.24) is 4.90 Å². The van der Waals surface area contributed by atoms with Gasteiger partial charge in [0.2, 0.25) is 5.91 Å². The molecule has 1 aliphatic rings. The molecule has 0 saturated heterocycles. The van der Waals surface area contributed by atoms with E-state index in [9.17, 15) is 14.4 Å². The van der Waals surface area contributed by atoms with Crippen molar-refractivity contribution in [3.63, 3.8) is 0 Å². The van der Waals surface area contributed by atoms with Crippen LogP contribution in [0, 0.1) is 0 Å². The molecule has 0 aromatic heterocycles. The second-order valence-electron chi connectivity index (χ2n) is 6.41. The highest BCUT2D eigenvalue weighted by molar-refractivity contribution is 9.10. The number of anilines is 1. The van der Waals surface area contributed by atoms with Crippen molar-refractivity contribution < 1.29 is 23.9 Å². The number of amides is 3. The summed E-state index contributed by atoms with van der Waals surface area (Å²) in [6.07, 6.45) is 0.0942. The maximum absolute atomic E-state index is 12.6. The van der Waals surface area contributed by atoms with Crippen molar-refractivity contribution in [2.75, 3.05) is 25.6 Å². The predicted octanol–water partition coefficient (Wildman–Crippen LogP) is 3.65. The number of carbonyl (C=O) groups excluding carboxylic acids is 3. The third-order valence-electron chi connectivity index (χ3n) is 4.44. The molecule has 29 heavy (non-hydrogen) atoms. The van der Waals surface area contributed by atoms with Gasteiger partial charge in [-0.3, -0.25) is 19.3 Å². The summed E-state index contributed by atoms with van der Waals surface area (Å²) < 4.78 is 11.9. The van der Waals surface area contributed by atoms with Gasteiger partial charge in [-0.15, -0.1) is 0 Å². The number of ether oxygens (including phenoxy) is 2. The fraction of sp³-hybridized carbons (Fsp3) is 0.286. The van der Waals surface area contributed by atoms with Gasteiger partial charge in [-0.2, -0.15) is 0 Å². The van der Waals surface area contributed by atoms with Crippen LogP contribution in [0.3, 0.4) is 0 Å². The summed E-state index contributed by atoms with van der Waals surface area (Å²) in [5, 5.41) is 2.77. The summed E-state index contributed by atoms with van der Waals surface area (Å²) in [6.45, 7) is 4.74. The Balaban J connectivity index is 1.77. The number of nitrogens with zero attached hydrogens (tertiary/aromatic N) is 1. The van der Waals surface area contributed by atoms with Gasteiger partial charge in [0.25, 0.3) is 11.8 Å². The van der Waals surface area contributed by atoms with Crippen LogP contribution in [0.15, 0.2) is 34.8 Å². The Bertz CT molecular complexity index is 989. The second-order valence-corrected chi connectivity index (χ2v) is 7.27. The molecule has 3 rings (SSSR count). The summed E-state index contributed by atoms with van der Waals surface area (Å²) in [7, 11) is 1.43. The third kappa shape index (κ3) is 4.27. The van der Waals surface area contributed by atoms with Crippen molar-refractivity contribution in [2.24, 2.45) is 0 Å². The van der Waals surface area contributed by atoms with Gasteiger partial charge in [0, 0.05) is 17.2 Å². The van der Waals surface area contributed by atoms with Crippen LogP contribution in [-0.4, -0.2) is 42.9 Å². The van der Waals surface area contributed by atoms with E-state index in [0.717, 1.165) is 14.9 Å². The van der Waals surface area contributed by atoms with Gasteiger partial charge in [-0.25, -0.2) is 0 Å². The molecule has 3 amide bonds. The summed E-state index contributed by atoms with van der Waals surface area (Å²) in [5.41, 5.74) is 1.82. The highest BCUT2D eigenvalue weighted by Crippen LogP contribution is 2.34. The predicted molar refractivity (Wildman–Crippen MR) is 112 cm³/mol. The maximum Gasteiger partial charge on any atom is 0.261 e. The van der Waals surface area contributed by atoms with Gasteiger partial charge in [-0.05, 0) is 49.7 Å². The Kier molecular flexibility index (Phi) is 6.22. The Hall–Kier alpha value is -2.87. The number of imide groups is 1. The summed E-state index contributed by atoms with van der Waals surface area (Å²) in [4.78, 5) is 37.7. The largest absolute Gasteiger partial charge is 0.490 e. The van der Waals surface area contributed by atoms with Crippen LogP contribution in [0.5, 0.6) is 11.5 Å².